The fourth-order valence-electron chi connectivity index (χ4n) is 2.54. The standard InChI is InChI=1S/C20H14N2OS2/c23-19(17-13-25-20(22-17)18-11-6-12-24-18)21-16-10-5-4-9-15(16)14-7-2-1-3-8-14/h1-13H,(H,21,23). The molecule has 4 rings (SSSR count). The van der Waals surface area contributed by atoms with Gasteiger partial charge in [0.25, 0.3) is 5.91 Å². The van der Waals surface area contributed by atoms with Gasteiger partial charge in [-0.1, -0.05) is 54.6 Å². The molecule has 1 N–H and O–H groups in total. The molecule has 0 saturated heterocycles. The predicted molar refractivity (Wildman–Crippen MR) is 105 cm³/mol. The van der Waals surface area contributed by atoms with E-state index in [1.54, 1.807) is 16.7 Å². The number of anilines is 1. The van der Waals surface area contributed by atoms with Crippen molar-refractivity contribution in [1.82, 2.24) is 4.98 Å². The molecule has 4 aromatic rings. The zero-order valence-corrected chi connectivity index (χ0v) is 14.8. The number of hydrogen-bond donors (Lipinski definition) is 1. The Kier molecular flexibility index (Phi) is 4.41. The van der Waals surface area contributed by atoms with Crippen molar-refractivity contribution in [3.63, 3.8) is 0 Å². The number of carbonyl (C=O) groups excluding carboxylic acids is 1. The van der Waals surface area contributed by atoms with Gasteiger partial charge < -0.3 is 5.32 Å². The molecule has 0 atom stereocenters. The molecule has 0 aliphatic carbocycles. The summed E-state index contributed by atoms with van der Waals surface area (Å²) in [6.45, 7) is 0. The average molecular weight is 362 g/mol. The summed E-state index contributed by atoms with van der Waals surface area (Å²) in [6.07, 6.45) is 0. The summed E-state index contributed by atoms with van der Waals surface area (Å²) in [5.74, 6) is -0.192. The molecule has 0 spiro atoms. The monoisotopic (exact) mass is 362 g/mol. The maximum atomic E-state index is 12.6. The van der Waals surface area contributed by atoms with Crippen molar-refractivity contribution < 1.29 is 4.79 Å². The number of carbonyl (C=O) groups is 1. The molecule has 3 nitrogen and oxygen atoms in total. The lowest BCUT2D eigenvalue weighted by Crippen LogP contribution is -2.13. The molecule has 122 valence electrons. The number of hydrogen-bond acceptors (Lipinski definition) is 4. The number of thiophene rings is 1. The number of thiazole rings is 1. The zero-order valence-electron chi connectivity index (χ0n) is 13.2. The molecule has 2 heterocycles. The summed E-state index contributed by atoms with van der Waals surface area (Å²) in [4.78, 5) is 18.2. The highest BCUT2D eigenvalue weighted by atomic mass is 32.1. The third-order valence-electron chi connectivity index (χ3n) is 3.73. The maximum Gasteiger partial charge on any atom is 0.275 e. The summed E-state index contributed by atoms with van der Waals surface area (Å²) in [7, 11) is 0. The van der Waals surface area contributed by atoms with Crippen molar-refractivity contribution >= 4 is 34.3 Å². The van der Waals surface area contributed by atoms with E-state index in [4.69, 9.17) is 0 Å². The molecule has 2 aromatic heterocycles. The quantitative estimate of drug-likeness (QED) is 0.499. The average Bonchev–Trinajstić information content (AvgIpc) is 3.34. The van der Waals surface area contributed by atoms with Gasteiger partial charge in [-0.15, -0.1) is 22.7 Å². The van der Waals surface area contributed by atoms with Crippen LogP contribution in [-0.4, -0.2) is 10.9 Å². The summed E-state index contributed by atoms with van der Waals surface area (Å²) >= 11 is 3.11. The Morgan fingerprint density at radius 3 is 2.48 bits per heavy atom. The first-order valence-corrected chi connectivity index (χ1v) is 9.52. The minimum absolute atomic E-state index is 0.192. The third kappa shape index (κ3) is 3.38. The molecule has 0 unspecified atom stereocenters. The van der Waals surface area contributed by atoms with Crippen LogP contribution in [-0.2, 0) is 0 Å². The van der Waals surface area contributed by atoms with E-state index in [1.807, 2.05) is 72.1 Å². The molecule has 0 saturated carbocycles. The van der Waals surface area contributed by atoms with E-state index in [2.05, 4.69) is 10.3 Å². The fraction of sp³-hybridized carbons (Fsp3) is 0. The minimum Gasteiger partial charge on any atom is -0.320 e. The fourth-order valence-corrected chi connectivity index (χ4v) is 4.15. The summed E-state index contributed by atoms with van der Waals surface area (Å²) in [6, 6.07) is 21.8. The number of aromatic nitrogens is 1. The summed E-state index contributed by atoms with van der Waals surface area (Å²) in [5.41, 5.74) is 3.28. The van der Waals surface area contributed by atoms with Crippen LogP contribution in [0.4, 0.5) is 5.69 Å². The van der Waals surface area contributed by atoms with Gasteiger partial charge in [-0.25, -0.2) is 4.98 Å². The van der Waals surface area contributed by atoms with Gasteiger partial charge in [0.2, 0.25) is 0 Å². The van der Waals surface area contributed by atoms with Crippen LogP contribution in [0, 0.1) is 0 Å². The van der Waals surface area contributed by atoms with Crippen LogP contribution in [0.3, 0.4) is 0 Å². The predicted octanol–water partition coefficient (Wildman–Crippen LogP) is 5.79. The van der Waals surface area contributed by atoms with Crippen LogP contribution in [0.25, 0.3) is 21.0 Å². The molecule has 2 aromatic carbocycles. The number of para-hydroxylation sites is 1. The summed E-state index contributed by atoms with van der Waals surface area (Å²) < 4.78 is 0. The topological polar surface area (TPSA) is 42.0 Å². The molecule has 0 aliphatic rings. The molecular formula is C20H14N2OS2. The lowest BCUT2D eigenvalue weighted by molar-refractivity contribution is 0.102. The van der Waals surface area contributed by atoms with E-state index in [0.29, 0.717) is 5.69 Å². The molecule has 1 amide bonds. The highest BCUT2D eigenvalue weighted by Gasteiger charge is 2.14. The smallest absolute Gasteiger partial charge is 0.275 e. The minimum atomic E-state index is -0.192. The Hall–Kier alpha value is -2.76. The second-order valence-corrected chi connectivity index (χ2v) is 7.19. The Morgan fingerprint density at radius 1 is 0.880 bits per heavy atom. The van der Waals surface area contributed by atoms with Gasteiger partial charge in [0.1, 0.15) is 10.7 Å². The van der Waals surface area contributed by atoms with Gasteiger partial charge >= 0.3 is 0 Å². The third-order valence-corrected chi connectivity index (χ3v) is 5.61. The highest BCUT2D eigenvalue weighted by molar-refractivity contribution is 7.20. The molecule has 0 aliphatic heterocycles. The first kappa shape index (κ1) is 15.7. The molecule has 0 radical (unpaired) electrons. The first-order chi connectivity index (χ1) is 12.3. The lowest BCUT2D eigenvalue weighted by atomic mass is 10.0. The van der Waals surface area contributed by atoms with Crippen molar-refractivity contribution in [2.24, 2.45) is 0 Å². The molecule has 0 fully saturated rings. The van der Waals surface area contributed by atoms with Crippen LogP contribution < -0.4 is 5.32 Å². The van der Waals surface area contributed by atoms with E-state index >= 15 is 0 Å². The van der Waals surface area contributed by atoms with Crippen molar-refractivity contribution in [3.8, 4) is 21.0 Å². The van der Waals surface area contributed by atoms with E-state index < -0.39 is 0 Å². The van der Waals surface area contributed by atoms with Crippen molar-refractivity contribution in [3.05, 3.63) is 83.2 Å². The first-order valence-electron chi connectivity index (χ1n) is 7.76. The van der Waals surface area contributed by atoms with Crippen LogP contribution in [0.1, 0.15) is 10.5 Å². The van der Waals surface area contributed by atoms with Crippen LogP contribution >= 0.6 is 22.7 Å². The van der Waals surface area contributed by atoms with Gasteiger partial charge in [-0.2, -0.15) is 0 Å². The number of amides is 1. The largest absolute Gasteiger partial charge is 0.320 e. The zero-order chi connectivity index (χ0) is 17.1. The van der Waals surface area contributed by atoms with E-state index in [9.17, 15) is 4.79 Å². The maximum absolute atomic E-state index is 12.6. The van der Waals surface area contributed by atoms with Gasteiger partial charge in [0, 0.05) is 16.6 Å². The van der Waals surface area contributed by atoms with Gasteiger partial charge in [0.15, 0.2) is 0 Å². The molecule has 25 heavy (non-hydrogen) atoms. The summed E-state index contributed by atoms with van der Waals surface area (Å²) in [5, 5.41) is 7.67. The van der Waals surface area contributed by atoms with E-state index in [1.165, 1.54) is 11.3 Å². The van der Waals surface area contributed by atoms with Crippen LogP contribution in [0.15, 0.2) is 77.5 Å². The van der Waals surface area contributed by atoms with Crippen molar-refractivity contribution in [1.29, 1.82) is 0 Å². The number of nitrogens with one attached hydrogen (secondary N) is 1. The Bertz CT molecular complexity index is 991. The van der Waals surface area contributed by atoms with Gasteiger partial charge in [0.05, 0.1) is 4.88 Å². The molecule has 5 heteroatoms. The van der Waals surface area contributed by atoms with Gasteiger partial charge in [-0.3, -0.25) is 4.79 Å². The second-order valence-electron chi connectivity index (χ2n) is 5.38. The second kappa shape index (κ2) is 7.01. The van der Waals surface area contributed by atoms with Crippen LogP contribution in [0.2, 0.25) is 0 Å². The Labute approximate surface area is 153 Å². The number of benzene rings is 2. The number of rotatable bonds is 4. The van der Waals surface area contributed by atoms with E-state index in [-0.39, 0.29) is 5.91 Å². The van der Waals surface area contributed by atoms with Crippen molar-refractivity contribution in [2.45, 2.75) is 0 Å². The van der Waals surface area contributed by atoms with Crippen molar-refractivity contribution in [2.75, 3.05) is 5.32 Å². The van der Waals surface area contributed by atoms with E-state index in [0.717, 1.165) is 26.7 Å². The Morgan fingerprint density at radius 2 is 1.68 bits per heavy atom. The number of nitrogens with zero attached hydrogens (tertiary/aromatic N) is 1. The molecular weight excluding hydrogens is 348 g/mol. The molecule has 0 bridgehead atoms. The van der Waals surface area contributed by atoms with Gasteiger partial charge in [-0.05, 0) is 23.1 Å². The SMILES string of the molecule is O=C(Nc1ccccc1-c1ccccc1)c1csc(-c2cccs2)n1. The highest BCUT2D eigenvalue weighted by Crippen LogP contribution is 2.30. The Balaban J connectivity index is 1.60. The lowest BCUT2D eigenvalue weighted by Gasteiger charge is -2.10. The van der Waals surface area contributed by atoms with Crippen LogP contribution in [0.5, 0.6) is 0 Å². The normalized spacial score (nSPS) is 10.6.